The highest BCUT2D eigenvalue weighted by Crippen LogP contribution is 2.47. The molecule has 5 heteroatoms. The number of para-hydroxylation sites is 1. The zero-order chi connectivity index (χ0) is 40.7. The highest BCUT2D eigenvalue weighted by Gasteiger charge is 2.23. The van der Waals surface area contributed by atoms with E-state index < -0.39 is 0 Å². The molecule has 13 aromatic rings. The third-order valence-corrected chi connectivity index (χ3v) is 13.5. The molecule has 0 radical (unpaired) electrons. The van der Waals surface area contributed by atoms with Crippen LogP contribution in [0.1, 0.15) is 0 Å². The van der Waals surface area contributed by atoms with E-state index in [-0.39, 0.29) is 0 Å². The first kappa shape index (κ1) is 34.8. The van der Waals surface area contributed by atoms with E-state index >= 15 is 0 Å². The van der Waals surface area contributed by atoms with Gasteiger partial charge in [0, 0.05) is 58.7 Å². The van der Waals surface area contributed by atoms with Crippen LogP contribution in [-0.4, -0.2) is 19.5 Å². The molecule has 0 saturated carbocycles. The fraction of sp³-hybridized carbons (Fsp3) is 0. The van der Waals surface area contributed by atoms with Crippen LogP contribution < -0.4 is 0 Å². The number of fused-ring (bicyclic) bond motifs is 12. The largest absolute Gasteiger partial charge is 0.309 e. The van der Waals surface area contributed by atoms with Crippen molar-refractivity contribution in [2.24, 2.45) is 0 Å². The van der Waals surface area contributed by atoms with Gasteiger partial charge in [-0.2, -0.15) is 0 Å². The van der Waals surface area contributed by atoms with Crippen molar-refractivity contribution < 1.29 is 0 Å². The second-order valence-corrected chi connectivity index (χ2v) is 17.0. The van der Waals surface area contributed by atoms with Crippen molar-refractivity contribution in [2.45, 2.75) is 0 Å². The molecule has 4 nitrogen and oxygen atoms in total. The van der Waals surface area contributed by atoms with Crippen LogP contribution in [0, 0.1) is 0 Å². The summed E-state index contributed by atoms with van der Waals surface area (Å²) >= 11 is 1.86. The van der Waals surface area contributed by atoms with Crippen LogP contribution in [0.25, 0.3) is 125 Å². The third kappa shape index (κ3) is 5.35. The highest BCUT2D eigenvalue weighted by molar-refractivity contribution is 7.25. The van der Waals surface area contributed by atoms with Crippen molar-refractivity contribution in [2.75, 3.05) is 0 Å². The Morgan fingerprint density at radius 1 is 0.306 bits per heavy atom. The van der Waals surface area contributed by atoms with Gasteiger partial charge in [-0.05, 0) is 86.6 Å². The van der Waals surface area contributed by atoms with Gasteiger partial charge in [0.2, 0.25) is 0 Å². The maximum absolute atomic E-state index is 5.36. The zero-order valence-corrected chi connectivity index (χ0v) is 34.1. The molecule has 62 heavy (non-hydrogen) atoms. The summed E-state index contributed by atoms with van der Waals surface area (Å²) in [6.07, 6.45) is 0. The fourth-order valence-electron chi connectivity index (χ4n) is 9.67. The second kappa shape index (κ2) is 13.8. The lowest BCUT2D eigenvalue weighted by Gasteiger charge is -2.17. The average molecular weight is 807 g/mol. The molecule has 10 aromatic carbocycles. The van der Waals surface area contributed by atoms with Gasteiger partial charge in [-0.25, -0.2) is 15.0 Å². The summed E-state index contributed by atoms with van der Waals surface area (Å²) < 4.78 is 5.02. The van der Waals surface area contributed by atoms with E-state index in [0.29, 0.717) is 17.5 Å². The van der Waals surface area contributed by atoms with Gasteiger partial charge in [0.25, 0.3) is 0 Å². The summed E-state index contributed by atoms with van der Waals surface area (Å²) in [5, 5.41) is 12.1. The molecule has 0 bridgehead atoms. The molecular formula is C57H34N4S. The van der Waals surface area contributed by atoms with E-state index in [1.807, 2.05) is 47.7 Å². The normalized spacial score (nSPS) is 11.9. The Bertz CT molecular complexity index is 3850. The Morgan fingerprint density at radius 3 is 1.56 bits per heavy atom. The molecule has 0 aliphatic carbocycles. The molecular weight excluding hydrogens is 773 g/mol. The maximum atomic E-state index is 5.36. The molecule has 0 N–H and O–H groups in total. The van der Waals surface area contributed by atoms with Crippen LogP contribution in [0.2, 0.25) is 0 Å². The van der Waals surface area contributed by atoms with Crippen LogP contribution in [0.5, 0.6) is 0 Å². The minimum Gasteiger partial charge on any atom is -0.309 e. The minimum atomic E-state index is 0.635. The van der Waals surface area contributed by atoms with E-state index in [4.69, 9.17) is 15.0 Å². The monoisotopic (exact) mass is 806 g/mol. The lowest BCUT2D eigenvalue weighted by Crippen LogP contribution is -2.01. The summed E-state index contributed by atoms with van der Waals surface area (Å²) in [7, 11) is 0. The van der Waals surface area contributed by atoms with Crippen LogP contribution >= 0.6 is 11.3 Å². The SMILES string of the molecule is c1ccc(-c2nc(-c3ccccc3)nc(-c3cc(-c4cccc5c4c4cc6sc7ccccc7c6cc4n5-c4ccccc4)cc4c5ccccc5c5ccccc5c34)n2)cc1. The fourth-order valence-corrected chi connectivity index (χ4v) is 10.8. The lowest BCUT2D eigenvalue weighted by atomic mass is 9.88. The molecule has 0 saturated heterocycles. The quantitative estimate of drug-likeness (QED) is 0.163. The van der Waals surface area contributed by atoms with Gasteiger partial charge < -0.3 is 4.57 Å². The van der Waals surface area contributed by atoms with Gasteiger partial charge in [-0.3, -0.25) is 0 Å². The van der Waals surface area contributed by atoms with Gasteiger partial charge in [-0.15, -0.1) is 11.3 Å². The van der Waals surface area contributed by atoms with Gasteiger partial charge in [0.05, 0.1) is 11.0 Å². The van der Waals surface area contributed by atoms with Gasteiger partial charge >= 0.3 is 0 Å². The van der Waals surface area contributed by atoms with Crippen molar-refractivity contribution in [1.29, 1.82) is 0 Å². The molecule has 0 spiro atoms. The standard InChI is InChI=1S/C57H34N4S/c1-4-17-35(18-5-1)55-58-56(36-19-6-2-7-20-36)60-57(59-55)48-32-37(31-46-42-25-11-10-23-40(42)41-24-12-13-27-44(41)53(46)48)39-28-16-29-49-54(39)47-34-52-45(43-26-14-15-30-51(43)62-52)33-50(47)61(49)38-21-8-3-9-22-38/h1-34H. The van der Waals surface area contributed by atoms with E-state index in [2.05, 4.69) is 174 Å². The first-order valence-electron chi connectivity index (χ1n) is 20.9. The Hall–Kier alpha value is -7.99. The van der Waals surface area contributed by atoms with Crippen LogP contribution in [0.15, 0.2) is 206 Å². The molecule has 0 aliphatic heterocycles. The second-order valence-electron chi connectivity index (χ2n) is 15.9. The summed E-state index contributed by atoms with van der Waals surface area (Å²) in [5.74, 6) is 1.91. The molecule has 13 rings (SSSR count). The van der Waals surface area contributed by atoms with Gasteiger partial charge in [0.15, 0.2) is 17.5 Å². The molecule has 0 unspecified atom stereocenters. The van der Waals surface area contributed by atoms with Crippen molar-refractivity contribution in [3.05, 3.63) is 206 Å². The topological polar surface area (TPSA) is 43.6 Å². The Balaban J connectivity index is 1.18. The summed E-state index contributed by atoms with van der Waals surface area (Å²) in [6.45, 7) is 0. The van der Waals surface area contributed by atoms with E-state index in [0.717, 1.165) is 55.2 Å². The molecule has 0 atom stereocenters. The van der Waals surface area contributed by atoms with E-state index in [9.17, 15) is 0 Å². The lowest BCUT2D eigenvalue weighted by molar-refractivity contribution is 1.08. The van der Waals surface area contributed by atoms with Gasteiger partial charge in [0.1, 0.15) is 0 Å². The summed E-state index contributed by atoms with van der Waals surface area (Å²) in [4.78, 5) is 15.8. The van der Waals surface area contributed by atoms with Crippen molar-refractivity contribution in [3.8, 4) is 51.0 Å². The number of aromatic nitrogens is 4. The van der Waals surface area contributed by atoms with Crippen molar-refractivity contribution in [3.63, 3.8) is 0 Å². The summed E-state index contributed by atoms with van der Waals surface area (Å²) in [6, 6.07) is 73.9. The van der Waals surface area contributed by atoms with Gasteiger partial charge in [-0.1, -0.05) is 158 Å². The molecule has 3 aromatic heterocycles. The van der Waals surface area contributed by atoms with E-state index in [1.54, 1.807) is 0 Å². The maximum Gasteiger partial charge on any atom is 0.164 e. The van der Waals surface area contributed by atoms with Crippen molar-refractivity contribution in [1.82, 2.24) is 19.5 Å². The number of hydrogen-bond acceptors (Lipinski definition) is 4. The van der Waals surface area contributed by atoms with Crippen LogP contribution in [0.4, 0.5) is 0 Å². The van der Waals surface area contributed by atoms with Crippen molar-refractivity contribution >= 4 is 85.6 Å². The zero-order valence-electron chi connectivity index (χ0n) is 33.3. The summed E-state index contributed by atoms with van der Waals surface area (Å²) in [5.41, 5.74) is 8.58. The number of nitrogens with zero attached hydrogens (tertiary/aromatic N) is 4. The molecule has 0 aliphatic rings. The molecule has 0 amide bonds. The molecule has 3 heterocycles. The predicted molar refractivity (Wildman–Crippen MR) is 261 cm³/mol. The Labute approximate surface area is 360 Å². The minimum absolute atomic E-state index is 0.635. The Morgan fingerprint density at radius 2 is 0.871 bits per heavy atom. The number of thiophene rings is 1. The average Bonchev–Trinajstić information content (AvgIpc) is 3.88. The molecule has 288 valence electrons. The van der Waals surface area contributed by atoms with Crippen LogP contribution in [0.3, 0.4) is 0 Å². The smallest absolute Gasteiger partial charge is 0.164 e. The van der Waals surface area contributed by atoms with Crippen LogP contribution in [-0.2, 0) is 0 Å². The first-order valence-corrected chi connectivity index (χ1v) is 21.8. The predicted octanol–water partition coefficient (Wildman–Crippen LogP) is 15.5. The van der Waals surface area contributed by atoms with E-state index in [1.165, 1.54) is 52.6 Å². The Kier molecular flexibility index (Phi) is 7.74. The number of rotatable bonds is 5. The molecule has 0 fully saturated rings. The highest BCUT2D eigenvalue weighted by atomic mass is 32.1. The number of benzene rings is 10. The third-order valence-electron chi connectivity index (χ3n) is 12.4. The number of hydrogen-bond donors (Lipinski definition) is 0. The first-order chi connectivity index (χ1) is 30.7.